The molecule has 0 aliphatic heterocycles. The van der Waals surface area contributed by atoms with Gasteiger partial charge in [-0.25, -0.2) is 0 Å². The molecule has 2 N–H and O–H groups in total. The number of aliphatic hydroxyl groups excluding tert-OH is 1. The Balaban J connectivity index is 2.80. The van der Waals surface area contributed by atoms with Crippen LogP contribution in [0.25, 0.3) is 0 Å². The highest BCUT2D eigenvalue weighted by Crippen LogP contribution is 2.24. The number of nitrogens with zero attached hydrogens (tertiary/aromatic N) is 1. The van der Waals surface area contributed by atoms with Crippen LogP contribution in [0.5, 0.6) is 0 Å². The van der Waals surface area contributed by atoms with Gasteiger partial charge in [-0.1, -0.05) is 32.9 Å². The summed E-state index contributed by atoms with van der Waals surface area (Å²) in [7, 11) is 4.04. The van der Waals surface area contributed by atoms with Gasteiger partial charge in [-0.2, -0.15) is 0 Å². The smallest absolute Gasteiger partial charge is 0.0945 e. The molecule has 2 unspecified atom stereocenters. The van der Waals surface area contributed by atoms with Gasteiger partial charge in [0.2, 0.25) is 0 Å². The molecule has 0 heterocycles. The molecule has 0 aliphatic carbocycles. The van der Waals surface area contributed by atoms with Crippen molar-refractivity contribution in [1.29, 1.82) is 0 Å². The van der Waals surface area contributed by atoms with E-state index in [0.29, 0.717) is 5.92 Å². The molecule has 0 saturated carbocycles. The first-order valence-electron chi connectivity index (χ1n) is 7.16. The molecule has 0 aliphatic rings. The van der Waals surface area contributed by atoms with E-state index in [1.165, 1.54) is 0 Å². The van der Waals surface area contributed by atoms with Crippen LogP contribution in [0.2, 0.25) is 0 Å². The Morgan fingerprint density at radius 3 is 2.16 bits per heavy atom. The third-order valence-electron chi connectivity index (χ3n) is 3.44. The Morgan fingerprint density at radius 1 is 1.16 bits per heavy atom. The number of anilines is 1. The Hall–Kier alpha value is -1.06. The Bertz CT molecular complexity index is 360. The van der Waals surface area contributed by atoms with E-state index in [-0.39, 0.29) is 6.04 Å². The summed E-state index contributed by atoms with van der Waals surface area (Å²) in [5.74, 6) is 0.398. The van der Waals surface area contributed by atoms with E-state index >= 15 is 0 Å². The molecule has 0 aromatic heterocycles. The van der Waals surface area contributed by atoms with Crippen LogP contribution in [-0.2, 0) is 0 Å². The van der Waals surface area contributed by atoms with Gasteiger partial charge in [0.25, 0.3) is 0 Å². The fourth-order valence-electron chi connectivity index (χ4n) is 2.20. The topological polar surface area (TPSA) is 35.5 Å². The highest BCUT2D eigenvalue weighted by atomic mass is 16.3. The largest absolute Gasteiger partial charge is 0.387 e. The SMILES string of the molecule is CCCNC(C(C)C)C(O)c1ccc(N(C)C)cc1. The van der Waals surface area contributed by atoms with E-state index in [0.717, 1.165) is 24.2 Å². The summed E-state index contributed by atoms with van der Waals surface area (Å²) in [5.41, 5.74) is 2.13. The molecular weight excluding hydrogens is 236 g/mol. The van der Waals surface area contributed by atoms with Crippen LogP contribution >= 0.6 is 0 Å². The van der Waals surface area contributed by atoms with Gasteiger partial charge in [-0.15, -0.1) is 0 Å². The lowest BCUT2D eigenvalue weighted by molar-refractivity contribution is 0.105. The molecule has 0 amide bonds. The molecule has 0 saturated heterocycles. The van der Waals surface area contributed by atoms with Crippen LogP contribution in [0.15, 0.2) is 24.3 Å². The molecule has 1 rings (SSSR count). The molecule has 0 fully saturated rings. The first-order valence-corrected chi connectivity index (χ1v) is 7.16. The molecule has 3 nitrogen and oxygen atoms in total. The summed E-state index contributed by atoms with van der Waals surface area (Å²) >= 11 is 0. The van der Waals surface area contributed by atoms with Gasteiger partial charge in [0.1, 0.15) is 0 Å². The Kier molecular flexibility index (Phi) is 6.32. The minimum Gasteiger partial charge on any atom is -0.387 e. The van der Waals surface area contributed by atoms with Gasteiger partial charge in [0.05, 0.1) is 6.10 Å². The molecule has 108 valence electrons. The van der Waals surface area contributed by atoms with E-state index in [9.17, 15) is 5.11 Å². The van der Waals surface area contributed by atoms with E-state index in [1.54, 1.807) is 0 Å². The summed E-state index contributed by atoms with van der Waals surface area (Å²) in [6.07, 6.45) is 0.623. The molecule has 3 heteroatoms. The Labute approximate surface area is 117 Å². The fourth-order valence-corrected chi connectivity index (χ4v) is 2.20. The predicted molar refractivity (Wildman–Crippen MR) is 82.6 cm³/mol. The summed E-state index contributed by atoms with van der Waals surface area (Å²) in [5, 5.41) is 14.0. The Morgan fingerprint density at radius 2 is 1.74 bits per heavy atom. The van der Waals surface area contributed by atoms with Crippen molar-refractivity contribution in [3.63, 3.8) is 0 Å². The van der Waals surface area contributed by atoms with Gasteiger partial charge in [-0.3, -0.25) is 0 Å². The van der Waals surface area contributed by atoms with Crippen molar-refractivity contribution >= 4 is 5.69 Å². The summed E-state index contributed by atoms with van der Waals surface area (Å²) in [6, 6.07) is 8.24. The van der Waals surface area contributed by atoms with E-state index in [1.807, 2.05) is 26.2 Å². The summed E-state index contributed by atoms with van der Waals surface area (Å²) in [4.78, 5) is 2.06. The zero-order valence-electron chi connectivity index (χ0n) is 12.9. The lowest BCUT2D eigenvalue weighted by atomic mass is 9.93. The maximum absolute atomic E-state index is 10.5. The van der Waals surface area contributed by atoms with Crippen molar-refractivity contribution in [2.75, 3.05) is 25.5 Å². The standard InChI is InChI=1S/C16H28N2O/c1-6-11-17-15(12(2)3)16(19)13-7-9-14(10-8-13)18(4)5/h7-10,12,15-17,19H,6,11H2,1-5H3. The number of aliphatic hydroxyl groups is 1. The maximum atomic E-state index is 10.5. The van der Waals surface area contributed by atoms with E-state index in [4.69, 9.17) is 0 Å². The van der Waals surface area contributed by atoms with Crippen LogP contribution in [0.1, 0.15) is 38.9 Å². The normalized spacial score (nSPS) is 14.5. The third kappa shape index (κ3) is 4.51. The first kappa shape index (κ1) is 16.0. The third-order valence-corrected chi connectivity index (χ3v) is 3.44. The zero-order chi connectivity index (χ0) is 14.4. The average molecular weight is 264 g/mol. The van der Waals surface area contributed by atoms with Gasteiger partial charge < -0.3 is 15.3 Å². The second-order valence-corrected chi connectivity index (χ2v) is 5.65. The molecule has 1 aromatic rings. The van der Waals surface area contributed by atoms with Crippen LogP contribution in [0, 0.1) is 5.92 Å². The zero-order valence-corrected chi connectivity index (χ0v) is 12.9. The van der Waals surface area contributed by atoms with Crippen LogP contribution in [-0.4, -0.2) is 31.8 Å². The number of benzene rings is 1. The quantitative estimate of drug-likeness (QED) is 0.795. The van der Waals surface area contributed by atoms with E-state index in [2.05, 4.69) is 43.1 Å². The van der Waals surface area contributed by atoms with Gasteiger partial charge >= 0.3 is 0 Å². The van der Waals surface area contributed by atoms with Crippen LogP contribution in [0.3, 0.4) is 0 Å². The molecule has 0 spiro atoms. The molecule has 0 bridgehead atoms. The second-order valence-electron chi connectivity index (χ2n) is 5.65. The highest BCUT2D eigenvalue weighted by Gasteiger charge is 2.23. The predicted octanol–water partition coefficient (Wildman–Crippen LogP) is 2.81. The molecule has 1 aromatic carbocycles. The van der Waals surface area contributed by atoms with Crippen LogP contribution < -0.4 is 10.2 Å². The number of hydrogen-bond acceptors (Lipinski definition) is 3. The fraction of sp³-hybridized carbons (Fsp3) is 0.625. The number of nitrogens with one attached hydrogen (secondary N) is 1. The minimum atomic E-state index is -0.456. The van der Waals surface area contributed by atoms with Crippen molar-refractivity contribution in [2.24, 2.45) is 5.92 Å². The van der Waals surface area contributed by atoms with Crippen molar-refractivity contribution < 1.29 is 5.11 Å². The van der Waals surface area contributed by atoms with Crippen LogP contribution in [0.4, 0.5) is 5.69 Å². The summed E-state index contributed by atoms with van der Waals surface area (Å²) in [6.45, 7) is 7.37. The molecular formula is C16H28N2O. The first-order chi connectivity index (χ1) is 8.97. The second kappa shape index (κ2) is 7.51. The van der Waals surface area contributed by atoms with Gasteiger partial charge in [0.15, 0.2) is 0 Å². The van der Waals surface area contributed by atoms with Gasteiger partial charge in [-0.05, 0) is 36.6 Å². The number of hydrogen-bond donors (Lipinski definition) is 2. The minimum absolute atomic E-state index is 0.102. The van der Waals surface area contributed by atoms with Gasteiger partial charge in [0, 0.05) is 25.8 Å². The average Bonchev–Trinajstić information content (AvgIpc) is 2.38. The molecule has 0 radical (unpaired) electrons. The van der Waals surface area contributed by atoms with E-state index < -0.39 is 6.10 Å². The number of rotatable bonds is 7. The molecule has 19 heavy (non-hydrogen) atoms. The lowest BCUT2D eigenvalue weighted by Crippen LogP contribution is -2.39. The van der Waals surface area contributed by atoms with Crippen molar-refractivity contribution in [3.05, 3.63) is 29.8 Å². The summed E-state index contributed by atoms with van der Waals surface area (Å²) < 4.78 is 0. The lowest BCUT2D eigenvalue weighted by Gasteiger charge is -2.28. The molecule has 2 atom stereocenters. The van der Waals surface area contributed by atoms with Crippen molar-refractivity contribution in [3.8, 4) is 0 Å². The maximum Gasteiger partial charge on any atom is 0.0945 e. The monoisotopic (exact) mass is 264 g/mol. The van der Waals surface area contributed by atoms with Crippen molar-refractivity contribution in [1.82, 2.24) is 5.32 Å². The van der Waals surface area contributed by atoms with Crippen molar-refractivity contribution in [2.45, 2.75) is 39.3 Å². The highest BCUT2D eigenvalue weighted by molar-refractivity contribution is 5.46.